The third kappa shape index (κ3) is 6.46. The van der Waals surface area contributed by atoms with E-state index in [4.69, 9.17) is 27.9 Å². The number of carbonyl (C=O) groups is 2. The first kappa shape index (κ1) is 23.1. The second-order valence-electron chi connectivity index (χ2n) is 7.90. The number of benzene rings is 1. The number of likely N-dealkylation sites (N-methyl/N-ethyl adjacent to an activating group) is 1. The van der Waals surface area contributed by atoms with Crippen molar-refractivity contribution in [1.29, 1.82) is 0 Å². The van der Waals surface area contributed by atoms with Gasteiger partial charge in [-0.3, -0.25) is 4.79 Å². The van der Waals surface area contributed by atoms with Crippen LogP contribution in [0, 0.1) is 5.92 Å². The number of nitrogens with one attached hydrogen (secondary N) is 2. The van der Waals surface area contributed by atoms with Gasteiger partial charge in [-0.15, -0.1) is 0 Å². The Labute approximate surface area is 186 Å². The minimum Gasteiger partial charge on any atom is -0.445 e. The van der Waals surface area contributed by atoms with Gasteiger partial charge in [0.2, 0.25) is 5.91 Å². The minimum atomic E-state index is -0.688. The van der Waals surface area contributed by atoms with Crippen LogP contribution in [0.15, 0.2) is 18.2 Å². The minimum absolute atomic E-state index is 0.0267. The highest BCUT2D eigenvalue weighted by Crippen LogP contribution is 2.23. The van der Waals surface area contributed by atoms with Gasteiger partial charge in [-0.05, 0) is 48.9 Å². The fourth-order valence-electron chi connectivity index (χ4n) is 3.79. The van der Waals surface area contributed by atoms with E-state index >= 15 is 0 Å². The van der Waals surface area contributed by atoms with Crippen molar-refractivity contribution in [3.63, 3.8) is 0 Å². The first-order valence-corrected chi connectivity index (χ1v) is 10.9. The Kier molecular flexibility index (Phi) is 8.19. The van der Waals surface area contributed by atoms with Crippen LogP contribution < -0.4 is 10.9 Å². The van der Waals surface area contributed by atoms with Gasteiger partial charge in [0.1, 0.15) is 18.9 Å². The number of hydrogen-bond donors (Lipinski definition) is 3. The van der Waals surface area contributed by atoms with Crippen LogP contribution in [0.2, 0.25) is 10.0 Å². The van der Waals surface area contributed by atoms with Crippen LogP contribution in [0.25, 0.3) is 0 Å². The molecular formula is C20H28Cl2N4O4. The molecule has 3 rings (SSSR count). The summed E-state index contributed by atoms with van der Waals surface area (Å²) in [6, 6.07) is 4.69. The molecule has 166 valence electrons. The summed E-state index contributed by atoms with van der Waals surface area (Å²) in [7, 11) is 1.78. The van der Waals surface area contributed by atoms with Crippen molar-refractivity contribution in [2.24, 2.45) is 5.92 Å². The molecule has 0 aliphatic carbocycles. The Bertz CT molecular complexity index is 738. The first-order valence-electron chi connectivity index (χ1n) is 10.1. The second kappa shape index (κ2) is 10.6. The zero-order valence-corrected chi connectivity index (χ0v) is 18.5. The Hall–Kier alpha value is -1.58. The molecule has 2 fully saturated rings. The van der Waals surface area contributed by atoms with Gasteiger partial charge in [-0.1, -0.05) is 23.2 Å². The summed E-state index contributed by atoms with van der Waals surface area (Å²) in [5.41, 5.74) is 6.21. The zero-order chi connectivity index (χ0) is 21.7. The first-order chi connectivity index (χ1) is 14.3. The number of amides is 2. The van der Waals surface area contributed by atoms with Gasteiger partial charge in [0.25, 0.3) is 0 Å². The highest BCUT2D eigenvalue weighted by molar-refractivity contribution is 6.34. The lowest BCUT2D eigenvalue weighted by Crippen LogP contribution is -2.45. The predicted octanol–water partition coefficient (Wildman–Crippen LogP) is 2.38. The Morgan fingerprint density at radius 1 is 1.20 bits per heavy atom. The molecule has 0 bridgehead atoms. The molecule has 2 aliphatic heterocycles. The number of rotatable bonds is 6. The fourth-order valence-corrected chi connectivity index (χ4v) is 4.36. The maximum atomic E-state index is 12.4. The maximum absolute atomic E-state index is 12.4. The van der Waals surface area contributed by atoms with E-state index in [2.05, 4.69) is 10.9 Å². The Morgan fingerprint density at radius 3 is 2.47 bits per heavy atom. The Morgan fingerprint density at radius 2 is 1.87 bits per heavy atom. The molecule has 1 aromatic carbocycles. The highest BCUT2D eigenvalue weighted by Gasteiger charge is 2.30. The van der Waals surface area contributed by atoms with Crippen LogP contribution in [0.5, 0.6) is 0 Å². The number of carbonyl (C=O) groups excluding carboxylic acids is 2. The normalized spacial score (nSPS) is 22.2. The van der Waals surface area contributed by atoms with E-state index < -0.39 is 12.3 Å². The number of ether oxygens (including phenoxy) is 1. The maximum Gasteiger partial charge on any atom is 0.410 e. The van der Waals surface area contributed by atoms with Gasteiger partial charge in [0.05, 0.1) is 0 Å². The van der Waals surface area contributed by atoms with Gasteiger partial charge < -0.3 is 19.6 Å². The van der Waals surface area contributed by atoms with Crippen molar-refractivity contribution >= 4 is 35.2 Å². The number of nitrogens with zero attached hydrogens (tertiary/aromatic N) is 2. The molecule has 0 radical (unpaired) electrons. The fraction of sp³-hybridized carbons (Fsp3) is 0.600. The van der Waals surface area contributed by atoms with Crippen LogP contribution in [0.4, 0.5) is 4.79 Å². The molecule has 10 heteroatoms. The molecule has 2 heterocycles. The van der Waals surface area contributed by atoms with Crippen molar-refractivity contribution in [2.75, 3.05) is 26.7 Å². The lowest BCUT2D eigenvalue weighted by molar-refractivity contribution is -0.132. The summed E-state index contributed by atoms with van der Waals surface area (Å²) >= 11 is 11.9. The van der Waals surface area contributed by atoms with Gasteiger partial charge >= 0.3 is 6.09 Å². The summed E-state index contributed by atoms with van der Waals surface area (Å²) in [6.07, 6.45) is 1.98. The van der Waals surface area contributed by atoms with E-state index in [1.54, 1.807) is 35.0 Å². The van der Waals surface area contributed by atoms with Crippen molar-refractivity contribution in [3.05, 3.63) is 33.8 Å². The third-order valence-electron chi connectivity index (χ3n) is 5.59. The topological polar surface area (TPSA) is 94.1 Å². The van der Waals surface area contributed by atoms with E-state index in [-0.39, 0.29) is 18.6 Å². The van der Waals surface area contributed by atoms with Crippen molar-refractivity contribution < 1.29 is 19.4 Å². The lowest BCUT2D eigenvalue weighted by Gasteiger charge is -2.32. The molecule has 0 spiro atoms. The smallest absolute Gasteiger partial charge is 0.410 e. The van der Waals surface area contributed by atoms with E-state index in [1.807, 2.05) is 0 Å². The summed E-state index contributed by atoms with van der Waals surface area (Å²) in [5.74, 6) is 0.428. The van der Waals surface area contributed by atoms with Gasteiger partial charge in [0.15, 0.2) is 0 Å². The molecule has 2 atom stereocenters. The van der Waals surface area contributed by atoms with Crippen molar-refractivity contribution in [2.45, 2.75) is 44.6 Å². The average molecular weight is 459 g/mol. The summed E-state index contributed by atoms with van der Waals surface area (Å²) in [5, 5.41) is 10.5. The van der Waals surface area contributed by atoms with E-state index in [1.165, 1.54) is 0 Å². The van der Waals surface area contributed by atoms with E-state index in [0.29, 0.717) is 42.0 Å². The van der Waals surface area contributed by atoms with Crippen LogP contribution in [0.3, 0.4) is 0 Å². The lowest BCUT2D eigenvalue weighted by atomic mass is 9.93. The quantitative estimate of drug-likeness (QED) is 0.605. The molecule has 2 aliphatic rings. The summed E-state index contributed by atoms with van der Waals surface area (Å²) in [6.45, 7) is 2.05. The molecule has 2 saturated heterocycles. The standard InChI is InChI=1S/C20H28Cl2N4O4/c1-25(19(28)17-11-18(27)24-23-17)5-2-13-3-6-26(7-4-13)20(29)30-12-14-8-15(21)10-16(22)9-14/h8-10,13,17-18,23-24,27H,2-7,11-12H2,1H3. The molecule has 3 N–H and O–H groups in total. The number of aliphatic hydroxyl groups is 1. The third-order valence-corrected chi connectivity index (χ3v) is 6.02. The van der Waals surface area contributed by atoms with Crippen LogP contribution in [-0.2, 0) is 16.1 Å². The monoisotopic (exact) mass is 458 g/mol. The molecule has 0 saturated carbocycles. The van der Waals surface area contributed by atoms with Gasteiger partial charge in [-0.2, -0.15) is 0 Å². The molecular weight excluding hydrogens is 431 g/mol. The van der Waals surface area contributed by atoms with E-state index in [0.717, 1.165) is 24.8 Å². The molecule has 30 heavy (non-hydrogen) atoms. The number of halogens is 2. The van der Waals surface area contributed by atoms with Gasteiger partial charge in [-0.25, -0.2) is 15.6 Å². The predicted molar refractivity (Wildman–Crippen MR) is 114 cm³/mol. The largest absolute Gasteiger partial charge is 0.445 e. The molecule has 2 amide bonds. The number of hydrazine groups is 1. The molecule has 8 nitrogen and oxygen atoms in total. The Balaban J connectivity index is 1.36. The summed E-state index contributed by atoms with van der Waals surface area (Å²) < 4.78 is 5.39. The SMILES string of the molecule is CN(CCC1CCN(C(=O)OCc2cc(Cl)cc(Cl)c2)CC1)C(=O)C1CC(O)NN1. The highest BCUT2D eigenvalue weighted by atomic mass is 35.5. The van der Waals surface area contributed by atoms with Crippen molar-refractivity contribution in [1.82, 2.24) is 20.7 Å². The van der Waals surface area contributed by atoms with Crippen LogP contribution in [-0.4, -0.2) is 65.9 Å². The second-order valence-corrected chi connectivity index (χ2v) is 8.78. The summed E-state index contributed by atoms with van der Waals surface area (Å²) in [4.78, 5) is 28.1. The van der Waals surface area contributed by atoms with Crippen molar-refractivity contribution in [3.8, 4) is 0 Å². The zero-order valence-electron chi connectivity index (χ0n) is 16.9. The molecule has 2 unspecified atom stereocenters. The van der Waals surface area contributed by atoms with Crippen LogP contribution in [0.1, 0.15) is 31.2 Å². The molecule has 1 aromatic rings. The number of likely N-dealkylation sites (tertiary alicyclic amines) is 1. The number of piperidine rings is 1. The van der Waals surface area contributed by atoms with E-state index in [9.17, 15) is 14.7 Å². The van der Waals surface area contributed by atoms with Gasteiger partial charge in [0, 0.05) is 43.1 Å². The van der Waals surface area contributed by atoms with Crippen LogP contribution >= 0.6 is 23.2 Å². The molecule has 0 aromatic heterocycles. The average Bonchev–Trinajstić information content (AvgIpc) is 3.15. The number of hydrogen-bond acceptors (Lipinski definition) is 6. The number of aliphatic hydroxyl groups excluding tert-OH is 1.